The molecule has 8 nitrogen and oxygen atoms in total. The highest BCUT2D eigenvalue weighted by molar-refractivity contribution is 7.07. The average Bonchev–Trinajstić information content (AvgIpc) is 3.30. The fourth-order valence-corrected chi connectivity index (χ4v) is 6.76. The molecule has 0 unspecified atom stereocenters. The molecular formula is C34H33N5O3S. The molecule has 2 aliphatic rings. The summed E-state index contributed by atoms with van der Waals surface area (Å²) in [6.07, 6.45) is 6.69. The first kappa shape index (κ1) is 28.4. The van der Waals surface area contributed by atoms with Gasteiger partial charge in [-0.1, -0.05) is 47.7 Å². The number of non-ortho nitro benzene ring substituents is 1. The third-order valence-electron chi connectivity index (χ3n) is 7.99. The molecule has 2 heterocycles. The maximum atomic E-state index is 14.0. The number of thiazole rings is 1. The van der Waals surface area contributed by atoms with Gasteiger partial charge in [0.2, 0.25) is 0 Å². The Morgan fingerprint density at radius 2 is 1.58 bits per heavy atom. The van der Waals surface area contributed by atoms with Crippen molar-refractivity contribution < 1.29 is 4.92 Å². The second kappa shape index (κ2) is 11.5. The van der Waals surface area contributed by atoms with Crippen molar-refractivity contribution in [3.63, 3.8) is 0 Å². The number of aromatic nitrogens is 1. The Kier molecular flexibility index (Phi) is 7.58. The van der Waals surface area contributed by atoms with Gasteiger partial charge in [0.1, 0.15) is 0 Å². The van der Waals surface area contributed by atoms with Gasteiger partial charge >= 0.3 is 0 Å². The SMILES string of the molecule is CN(C)c1ccc(/C=C2\CCCC3=C2N=c2s/c(=C\c4cccc([N+](=O)[O-])c4)c(=O)n2[C@@H]3c2ccc(N(C)C)cc2)cc1. The Balaban J connectivity index is 1.53. The number of nitrogens with zero attached hydrogens (tertiary/aromatic N) is 5. The lowest BCUT2D eigenvalue weighted by Gasteiger charge is -2.31. The predicted octanol–water partition coefficient (Wildman–Crippen LogP) is 5.52. The van der Waals surface area contributed by atoms with Crippen molar-refractivity contribution in [1.29, 1.82) is 0 Å². The minimum absolute atomic E-state index is 0.00996. The second-order valence-electron chi connectivity index (χ2n) is 11.3. The van der Waals surface area contributed by atoms with Crippen molar-refractivity contribution in [1.82, 2.24) is 4.57 Å². The first-order valence-corrected chi connectivity index (χ1v) is 15.1. The molecule has 0 radical (unpaired) electrons. The van der Waals surface area contributed by atoms with Crippen LogP contribution in [0, 0.1) is 10.1 Å². The molecule has 1 aliphatic carbocycles. The summed E-state index contributed by atoms with van der Waals surface area (Å²) in [6.45, 7) is 0. The van der Waals surface area contributed by atoms with Crippen LogP contribution in [0.25, 0.3) is 12.2 Å². The van der Waals surface area contributed by atoms with Crippen LogP contribution < -0.4 is 24.7 Å². The van der Waals surface area contributed by atoms with Gasteiger partial charge in [0.05, 0.1) is 21.2 Å². The minimum atomic E-state index is -0.424. The van der Waals surface area contributed by atoms with E-state index in [4.69, 9.17) is 4.99 Å². The predicted molar refractivity (Wildman–Crippen MR) is 175 cm³/mol. The highest BCUT2D eigenvalue weighted by Gasteiger charge is 2.32. The summed E-state index contributed by atoms with van der Waals surface area (Å²) in [7, 11) is 8.08. The first-order chi connectivity index (χ1) is 20.7. The molecule has 0 saturated heterocycles. The Labute approximate surface area is 254 Å². The molecule has 4 aromatic rings. The van der Waals surface area contributed by atoms with Gasteiger partial charge in [-0.15, -0.1) is 0 Å². The Morgan fingerprint density at radius 3 is 2.23 bits per heavy atom. The largest absolute Gasteiger partial charge is 0.378 e. The zero-order valence-electron chi connectivity index (χ0n) is 24.7. The van der Waals surface area contributed by atoms with E-state index in [-0.39, 0.29) is 17.3 Å². The number of allylic oxidation sites excluding steroid dienone is 2. The summed E-state index contributed by atoms with van der Waals surface area (Å²) in [5, 5.41) is 11.3. The number of fused-ring (bicyclic) bond motifs is 1. The van der Waals surface area contributed by atoms with Crippen LogP contribution in [0.2, 0.25) is 0 Å². The third-order valence-corrected chi connectivity index (χ3v) is 8.97. The van der Waals surface area contributed by atoms with Crippen molar-refractivity contribution in [2.75, 3.05) is 38.0 Å². The summed E-state index contributed by atoms with van der Waals surface area (Å²) >= 11 is 1.33. The molecule has 1 atom stereocenters. The number of nitro groups is 1. The van der Waals surface area contributed by atoms with Crippen LogP contribution in [0.3, 0.4) is 0 Å². The molecular weight excluding hydrogens is 558 g/mol. The fourth-order valence-electron chi connectivity index (χ4n) is 5.76. The molecule has 6 rings (SSSR count). The molecule has 43 heavy (non-hydrogen) atoms. The van der Waals surface area contributed by atoms with E-state index < -0.39 is 4.92 Å². The van der Waals surface area contributed by atoms with Crippen LogP contribution >= 0.6 is 11.3 Å². The van der Waals surface area contributed by atoms with Gasteiger partial charge in [-0.2, -0.15) is 0 Å². The summed E-state index contributed by atoms with van der Waals surface area (Å²) in [4.78, 5) is 34.9. The molecule has 0 fully saturated rings. The molecule has 218 valence electrons. The number of nitro benzene ring substituents is 1. The Bertz CT molecular complexity index is 1950. The second-order valence-corrected chi connectivity index (χ2v) is 12.3. The maximum Gasteiger partial charge on any atom is 0.271 e. The van der Waals surface area contributed by atoms with E-state index in [1.165, 1.54) is 29.0 Å². The van der Waals surface area contributed by atoms with Crippen molar-refractivity contribution in [2.24, 2.45) is 4.99 Å². The van der Waals surface area contributed by atoms with Crippen LogP contribution in [-0.4, -0.2) is 37.7 Å². The molecule has 1 aliphatic heterocycles. The van der Waals surface area contributed by atoms with E-state index in [0.29, 0.717) is 14.9 Å². The lowest BCUT2D eigenvalue weighted by molar-refractivity contribution is -0.384. The highest BCUT2D eigenvalue weighted by Crippen LogP contribution is 2.41. The zero-order chi connectivity index (χ0) is 30.2. The number of hydrogen-bond donors (Lipinski definition) is 0. The van der Waals surface area contributed by atoms with E-state index >= 15 is 0 Å². The van der Waals surface area contributed by atoms with Gasteiger partial charge < -0.3 is 9.80 Å². The monoisotopic (exact) mass is 591 g/mol. The summed E-state index contributed by atoms with van der Waals surface area (Å²) in [5.41, 5.74) is 8.12. The summed E-state index contributed by atoms with van der Waals surface area (Å²) < 4.78 is 2.31. The van der Waals surface area contributed by atoms with Crippen LogP contribution in [0.5, 0.6) is 0 Å². The van der Waals surface area contributed by atoms with Crippen molar-refractivity contribution in [2.45, 2.75) is 25.3 Å². The Morgan fingerprint density at radius 1 is 0.907 bits per heavy atom. The van der Waals surface area contributed by atoms with Crippen molar-refractivity contribution in [3.05, 3.63) is 136 Å². The smallest absolute Gasteiger partial charge is 0.271 e. The average molecular weight is 592 g/mol. The van der Waals surface area contributed by atoms with Crippen molar-refractivity contribution in [3.8, 4) is 0 Å². The van der Waals surface area contributed by atoms with Gasteiger partial charge in [-0.3, -0.25) is 19.5 Å². The topological polar surface area (TPSA) is 84.0 Å². The van der Waals surface area contributed by atoms with Crippen LogP contribution in [-0.2, 0) is 0 Å². The quantitative estimate of drug-likeness (QED) is 0.218. The number of rotatable bonds is 6. The number of anilines is 2. The first-order valence-electron chi connectivity index (χ1n) is 14.2. The van der Waals surface area contributed by atoms with Crippen LogP contribution in [0.15, 0.2) is 99.4 Å². The molecule has 3 aromatic carbocycles. The van der Waals surface area contributed by atoms with E-state index in [0.717, 1.165) is 53.0 Å². The lowest BCUT2D eigenvalue weighted by atomic mass is 9.83. The Hall–Kier alpha value is -4.76. The van der Waals surface area contributed by atoms with Gasteiger partial charge in [0, 0.05) is 51.7 Å². The molecule has 9 heteroatoms. The van der Waals surface area contributed by atoms with E-state index in [1.54, 1.807) is 18.2 Å². The van der Waals surface area contributed by atoms with Gasteiger partial charge in [-0.05, 0) is 83.5 Å². The summed E-state index contributed by atoms with van der Waals surface area (Å²) in [6, 6.07) is 22.9. The van der Waals surface area contributed by atoms with E-state index in [1.807, 2.05) is 32.8 Å². The van der Waals surface area contributed by atoms with Gasteiger partial charge in [-0.25, -0.2) is 4.99 Å². The molecule has 0 saturated carbocycles. The third kappa shape index (κ3) is 5.56. The standard InChI is InChI=1S/C34H33N5O3S/c1-36(2)26-15-11-22(12-16-26)19-25-8-6-10-29-31(25)35-34-38(32(29)24-13-17-27(18-14-24)37(3)4)33(40)30(43-34)21-23-7-5-9-28(20-23)39(41)42/h5,7,9,11-21,32H,6,8,10H2,1-4H3/b25-19+,30-21-/t32-/m1/s1. The number of benzene rings is 3. The highest BCUT2D eigenvalue weighted by atomic mass is 32.1. The van der Waals surface area contributed by atoms with E-state index in [9.17, 15) is 14.9 Å². The van der Waals surface area contributed by atoms with Crippen LogP contribution in [0.1, 0.15) is 42.0 Å². The molecule has 1 aromatic heterocycles. The van der Waals surface area contributed by atoms with Crippen LogP contribution in [0.4, 0.5) is 17.1 Å². The normalized spacial score (nSPS) is 17.3. The molecule has 0 N–H and O–H groups in total. The summed E-state index contributed by atoms with van der Waals surface area (Å²) in [5.74, 6) is 0. The fraction of sp³-hybridized carbons (Fsp3) is 0.235. The molecule has 0 bridgehead atoms. The van der Waals surface area contributed by atoms with E-state index in [2.05, 4.69) is 64.4 Å². The zero-order valence-corrected chi connectivity index (χ0v) is 25.5. The lowest BCUT2D eigenvalue weighted by Crippen LogP contribution is -2.39. The van der Waals surface area contributed by atoms with Crippen molar-refractivity contribution >= 4 is 40.6 Å². The van der Waals surface area contributed by atoms with Gasteiger partial charge in [0.15, 0.2) is 4.80 Å². The molecule has 0 amide bonds. The number of hydrogen-bond acceptors (Lipinski definition) is 7. The minimum Gasteiger partial charge on any atom is -0.378 e. The molecule has 0 spiro atoms. The maximum absolute atomic E-state index is 14.0. The van der Waals surface area contributed by atoms with Gasteiger partial charge in [0.25, 0.3) is 11.2 Å².